The van der Waals surface area contributed by atoms with Gasteiger partial charge in [-0.25, -0.2) is 0 Å². The van der Waals surface area contributed by atoms with Crippen LogP contribution in [0.25, 0.3) is 0 Å². The van der Waals surface area contributed by atoms with Gasteiger partial charge in [-0.2, -0.15) is 5.10 Å². The van der Waals surface area contributed by atoms with E-state index in [1.807, 2.05) is 32.7 Å². The van der Waals surface area contributed by atoms with E-state index < -0.39 is 0 Å². The molecule has 172 valence electrons. The van der Waals surface area contributed by atoms with Crippen LogP contribution < -0.4 is 0 Å². The summed E-state index contributed by atoms with van der Waals surface area (Å²) in [4.78, 5) is 31.5. The van der Waals surface area contributed by atoms with Crippen molar-refractivity contribution in [2.24, 2.45) is 0 Å². The lowest BCUT2D eigenvalue weighted by atomic mass is 10.0. The first-order valence-electron chi connectivity index (χ1n) is 11.9. The van der Waals surface area contributed by atoms with E-state index in [-0.39, 0.29) is 11.8 Å². The second-order valence-corrected chi connectivity index (χ2v) is 9.95. The van der Waals surface area contributed by atoms with E-state index in [1.165, 1.54) is 4.88 Å². The molecule has 1 fully saturated rings. The Morgan fingerprint density at radius 3 is 2.55 bits per heavy atom. The largest absolute Gasteiger partial charge is 0.338 e. The Morgan fingerprint density at radius 1 is 0.970 bits per heavy atom. The molecule has 0 N–H and O–H groups in total. The summed E-state index contributed by atoms with van der Waals surface area (Å²) in [7, 11) is 0. The standard InChI is InChI=1S/C26H30N4O2S/c31-24(12-6-10-21-11-7-17-33-21)29-16-13-23-22(19-29)25(26(32)28-14-4-5-15-28)27-30(23)18-20-8-2-1-3-9-20/h1-3,7-9,11,17H,4-6,10,12-16,18-19H2. The molecule has 2 aliphatic heterocycles. The molecule has 33 heavy (non-hydrogen) atoms. The molecule has 0 unspecified atom stereocenters. The highest BCUT2D eigenvalue weighted by atomic mass is 32.1. The number of hydrogen-bond donors (Lipinski definition) is 0. The van der Waals surface area contributed by atoms with Crippen LogP contribution in [0.1, 0.15) is 57.9 Å². The number of aromatic nitrogens is 2. The molecule has 0 spiro atoms. The Balaban J connectivity index is 1.34. The predicted molar refractivity (Wildman–Crippen MR) is 129 cm³/mol. The molecule has 4 heterocycles. The molecule has 0 aliphatic carbocycles. The zero-order valence-electron chi connectivity index (χ0n) is 18.9. The maximum absolute atomic E-state index is 13.3. The van der Waals surface area contributed by atoms with Gasteiger partial charge in [0.25, 0.3) is 5.91 Å². The van der Waals surface area contributed by atoms with Crippen molar-refractivity contribution >= 4 is 23.2 Å². The third-order valence-electron chi connectivity index (χ3n) is 6.65. The summed E-state index contributed by atoms with van der Waals surface area (Å²) in [6.45, 7) is 3.40. The van der Waals surface area contributed by atoms with E-state index >= 15 is 0 Å². The van der Waals surface area contributed by atoms with E-state index in [0.29, 0.717) is 31.7 Å². The highest BCUT2D eigenvalue weighted by Gasteiger charge is 2.32. The number of carbonyl (C=O) groups is 2. The maximum atomic E-state index is 13.3. The minimum atomic E-state index is 0.0163. The number of thiophene rings is 1. The number of aryl methyl sites for hydroxylation is 1. The minimum Gasteiger partial charge on any atom is -0.338 e. The highest BCUT2D eigenvalue weighted by molar-refractivity contribution is 7.09. The Kier molecular flexibility index (Phi) is 6.58. The van der Waals surface area contributed by atoms with Crippen molar-refractivity contribution in [3.8, 4) is 0 Å². The molecule has 1 aromatic carbocycles. The summed E-state index contributed by atoms with van der Waals surface area (Å²) in [5.41, 5.74) is 3.75. The average Bonchev–Trinajstić information content (AvgIpc) is 3.61. The van der Waals surface area contributed by atoms with Crippen LogP contribution in [0.15, 0.2) is 47.8 Å². The van der Waals surface area contributed by atoms with E-state index in [2.05, 4.69) is 29.6 Å². The summed E-state index contributed by atoms with van der Waals surface area (Å²) in [6.07, 6.45) is 5.17. The molecule has 0 radical (unpaired) electrons. The fraction of sp³-hybridized carbons (Fsp3) is 0.423. The fourth-order valence-corrected chi connectivity index (χ4v) is 5.61. The molecular weight excluding hydrogens is 432 g/mol. The smallest absolute Gasteiger partial charge is 0.274 e. The molecule has 1 saturated heterocycles. The third-order valence-corrected chi connectivity index (χ3v) is 7.59. The fourth-order valence-electron chi connectivity index (χ4n) is 4.86. The normalized spacial score (nSPS) is 15.6. The van der Waals surface area contributed by atoms with Crippen LogP contribution in [-0.4, -0.2) is 51.0 Å². The monoisotopic (exact) mass is 462 g/mol. The zero-order valence-corrected chi connectivity index (χ0v) is 19.7. The summed E-state index contributed by atoms with van der Waals surface area (Å²) in [6, 6.07) is 14.4. The van der Waals surface area contributed by atoms with Gasteiger partial charge >= 0.3 is 0 Å². The van der Waals surface area contributed by atoms with Gasteiger partial charge in [0.05, 0.1) is 6.54 Å². The van der Waals surface area contributed by atoms with Crippen LogP contribution in [0, 0.1) is 0 Å². The number of fused-ring (bicyclic) bond motifs is 1. The van der Waals surface area contributed by atoms with Crippen LogP contribution in [0.2, 0.25) is 0 Å². The van der Waals surface area contributed by atoms with E-state index in [4.69, 9.17) is 5.10 Å². The van der Waals surface area contributed by atoms with Crippen molar-refractivity contribution in [3.05, 3.63) is 75.2 Å². The predicted octanol–water partition coefficient (Wildman–Crippen LogP) is 4.14. The van der Waals surface area contributed by atoms with Crippen molar-refractivity contribution in [1.29, 1.82) is 0 Å². The lowest BCUT2D eigenvalue weighted by molar-refractivity contribution is -0.132. The molecule has 2 amide bonds. The molecule has 0 saturated carbocycles. The number of hydrogen-bond acceptors (Lipinski definition) is 4. The molecule has 3 aromatic rings. The molecule has 0 atom stereocenters. The van der Waals surface area contributed by atoms with Crippen LogP contribution in [0.5, 0.6) is 0 Å². The summed E-state index contributed by atoms with van der Waals surface area (Å²) < 4.78 is 1.99. The summed E-state index contributed by atoms with van der Waals surface area (Å²) in [5, 5.41) is 6.89. The van der Waals surface area contributed by atoms with Gasteiger partial charge in [-0.15, -0.1) is 11.3 Å². The molecule has 5 rings (SSSR count). The lowest BCUT2D eigenvalue weighted by Gasteiger charge is -2.28. The van der Waals surface area contributed by atoms with Crippen molar-refractivity contribution in [1.82, 2.24) is 19.6 Å². The third kappa shape index (κ3) is 4.88. The van der Waals surface area contributed by atoms with Gasteiger partial charge in [0.1, 0.15) is 0 Å². The van der Waals surface area contributed by atoms with Crippen molar-refractivity contribution in [2.75, 3.05) is 19.6 Å². The first-order valence-corrected chi connectivity index (χ1v) is 12.8. The van der Waals surface area contributed by atoms with Gasteiger partial charge in [0.2, 0.25) is 5.91 Å². The van der Waals surface area contributed by atoms with E-state index in [0.717, 1.165) is 62.0 Å². The van der Waals surface area contributed by atoms with Crippen molar-refractivity contribution in [2.45, 2.75) is 51.6 Å². The minimum absolute atomic E-state index is 0.0163. The number of carbonyl (C=O) groups excluding carboxylic acids is 2. The number of amides is 2. The van der Waals surface area contributed by atoms with Gasteiger partial charge in [-0.3, -0.25) is 14.3 Å². The maximum Gasteiger partial charge on any atom is 0.274 e. The van der Waals surface area contributed by atoms with Crippen LogP contribution in [0.3, 0.4) is 0 Å². The molecular formula is C26H30N4O2S. The average molecular weight is 463 g/mol. The number of benzene rings is 1. The number of nitrogens with zero attached hydrogens (tertiary/aromatic N) is 4. The van der Waals surface area contributed by atoms with Gasteiger partial charge in [0.15, 0.2) is 5.69 Å². The molecule has 2 aromatic heterocycles. The first-order chi connectivity index (χ1) is 16.2. The molecule has 0 bridgehead atoms. The number of rotatable bonds is 7. The zero-order chi connectivity index (χ0) is 22.6. The SMILES string of the molecule is O=C(CCCc1cccs1)N1CCc2c(c(C(=O)N3CCCC3)nn2Cc2ccccc2)C1. The van der Waals surface area contributed by atoms with Gasteiger partial charge in [0, 0.05) is 55.2 Å². The molecule has 6 nitrogen and oxygen atoms in total. The van der Waals surface area contributed by atoms with Gasteiger partial charge < -0.3 is 9.80 Å². The second-order valence-electron chi connectivity index (χ2n) is 8.91. The topological polar surface area (TPSA) is 58.4 Å². The number of likely N-dealkylation sites (tertiary alicyclic amines) is 1. The summed E-state index contributed by atoms with van der Waals surface area (Å²) in [5.74, 6) is 0.190. The Hall–Kier alpha value is -2.93. The van der Waals surface area contributed by atoms with Crippen LogP contribution in [0.4, 0.5) is 0 Å². The van der Waals surface area contributed by atoms with E-state index in [1.54, 1.807) is 11.3 Å². The van der Waals surface area contributed by atoms with Crippen molar-refractivity contribution < 1.29 is 9.59 Å². The van der Waals surface area contributed by atoms with E-state index in [9.17, 15) is 9.59 Å². The second kappa shape index (κ2) is 9.91. The summed E-state index contributed by atoms with van der Waals surface area (Å²) >= 11 is 1.74. The molecule has 7 heteroatoms. The Bertz CT molecular complexity index is 1100. The lowest BCUT2D eigenvalue weighted by Crippen LogP contribution is -2.37. The Labute approximate surface area is 198 Å². The van der Waals surface area contributed by atoms with Crippen LogP contribution in [-0.2, 0) is 30.7 Å². The quantitative estimate of drug-likeness (QED) is 0.530. The van der Waals surface area contributed by atoms with Gasteiger partial charge in [-0.05, 0) is 42.7 Å². The first kappa shape index (κ1) is 21.9. The Morgan fingerprint density at radius 2 is 1.79 bits per heavy atom. The van der Waals surface area contributed by atoms with Crippen molar-refractivity contribution in [3.63, 3.8) is 0 Å². The van der Waals surface area contributed by atoms with Gasteiger partial charge in [-0.1, -0.05) is 36.4 Å². The highest BCUT2D eigenvalue weighted by Crippen LogP contribution is 2.26. The van der Waals surface area contributed by atoms with Crippen LogP contribution >= 0.6 is 11.3 Å². The molecule has 2 aliphatic rings.